The SMILES string of the molecule is O=C(Nc1cnccc1C(=O)C1CCNCC1)c1csc(N2CCOCC2)n1. The molecule has 28 heavy (non-hydrogen) atoms. The number of carbonyl (C=O) groups is 2. The molecule has 2 aromatic heterocycles. The van der Waals surface area contributed by atoms with E-state index >= 15 is 0 Å². The second kappa shape index (κ2) is 8.76. The number of rotatable bonds is 5. The summed E-state index contributed by atoms with van der Waals surface area (Å²) >= 11 is 1.44. The number of hydrogen-bond acceptors (Lipinski definition) is 8. The Hall–Kier alpha value is -2.36. The second-order valence-electron chi connectivity index (χ2n) is 6.88. The van der Waals surface area contributed by atoms with Crippen LogP contribution in [0.4, 0.5) is 10.8 Å². The molecule has 0 atom stereocenters. The van der Waals surface area contributed by atoms with Crippen molar-refractivity contribution in [2.45, 2.75) is 12.8 Å². The number of aromatic nitrogens is 2. The summed E-state index contributed by atoms with van der Waals surface area (Å²) in [6, 6.07) is 1.68. The molecule has 1 amide bonds. The van der Waals surface area contributed by atoms with Crippen molar-refractivity contribution < 1.29 is 14.3 Å². The normalized spacial score (nSPS) is 18.1. The Morgan fingerprint density at radius 1 is 1.25 bits per heavy atom. The number of nitrogens with zero attached hydrogens (tertiary/aromatic N) is 3. The van der Waals surface area contributed by atoms with E-state index in [0.717, 1.165) is 44.2 Å². The van der Waals surface area contributed by atoms with Crippen molar-refractivity contribution in [1.29, 1.82) is 0 Å². The van der Waals surface area contributed by atoms with Crippen LogP contribution in [0, 0.1) is 5.92 Å². The van der Waals surface area contributed by atoms with Gasteiger partial charge in [0.25, 0.3) is 5.91 Å². The van der Waals surface area contributed by atoms with Crippen LogP contribution in [0.25, 0.3) is 0 Å². The van der Waals surface area contributed by atoms with E-state index < -0.39 is 0 Å². The zero-order valence-electron chi connectivity index (χ0n) is 15.5. The van der Waals surface area contributed by atoms with Gasteiger partial charge in [0.15, 0.2) is 10.9 Å². The largest absolute Gasteiger partial charge is 0.378 e. The predicted octanol–water partition coefficient (Wildman–Crippen LogP) is 1.81. The zero-order valence-corrected chi connectivity index (χ0v) is 16.3. The number of anilines is 2. The van der Waals surface area contributed by atoms with Crippen LogP contribution in [0.1, 0.15) is 33.7 Å². The fourth-order valence-corrected chi connectivity index (χ4v) is 4.33. The summed E-state index contributed by atoms with van der Waals surface area (Å²) in [4.78, 5) is 36.3. The number of ether oxygens (including phenoxy) is 1. The molecule has 2 aliphatic rings. The molecule has 0 spiro atoms. The first-order chi connectivity index (χ1) is 13.7. The third kappa shape index (κ3) is 4.21. The zero-order chi connectivity index (χ0) is 19.3. The number of morpholine rings is 1. The van der Waals surface area contributed by atoms with Gasteiger partial charge in [0.1, 0.15) is 5.69 Å². The van der Waals surface area contributed by atoms with Crippen LogP contribution in [0.2, 0.25) is 0 Å². The fourth-order valence-electron chi connectivity index (χ4n) is 3.47. The first-order valence-corrected chi connectivity index (χ1v) is 10.4. The first-order valence-electron chi connectivity index (χ1n) is 9.51. The third-order valence-corrected chi connectivity index (χ3v) is 5.95. The number of pyridine rings is 1. The van der Waals surface area contributed by atoms with Crippen molar-refractivity contribution in [3.63, 3.8) is 0 Å². The monoisotopic (exact) mass is 401 g/mol. The van der Waals surface area contributed by atoms with Crippen molar-refractivity contribution in [2.75, 3.05) is 49.6 Å². The maximum Gasteiger partial charge on any atom is 0.275 e. The predicted molar refractivity (Wildman–Crippen MR) is 107 cm³/mol. The summed E-state index contributed by atoms with van der Waals surface area (Å²) in [5.74, 6) is -0.291. The molecule has 2 N–H and O–H groups in total. The highest BCUT2D eigenvalue weighted by molar-refractivity contribution is 7.14. The number of amides is 1. The summed E-state index contributed by atoms with van der Waals surface area (Å²) in [6.45, 7) is 4.55. The highest BCUT2D eigenvalue weighted by atomic mass is 32.1. The average Bonchev–Trinajstić information content (AvgIpc) is 3.25. The molecule has 8 nitrogen and oxygen atoms in total. The quantitative estimate of drug-likeness (QED) is 0.738. The Balaban J connectivity index is 1.47. The summed E-state index contributed by atoms with van der Waals surface area (Å²) in [7, 11) is 0. The van der Waals surface area contributed by atoms with E-state index in [4.69, 9.17) is 4.74 Å². The number of hydrogen-bond donors (Lipinski definition) is 2. The van der Waals surface area contributed by atoms with Gasteiger partial charge in [0, 0.05) is 36.1 Å². The summed E-state index contributed by atoms with van der Waals surface area (Å²) in [5, 5.41) is 8.64. The Bertz CT molecular complexity index is 844. The summed E-state index contributed by atoms with van der Waals surface area (Å²) in [5.41, 5.74) is 1.30. The Labute approximate surface area is 167 Å². The molecular formula is C19H23N5O3S. The molecule has 0 saturated carbocycles. The van der Waals surface area contributed by atoms with E-state index in [0.29, 0.717) is 30.2 Å². The number of thiazole rings is 1. The topological polar surface area (TPSA) is 96.5 Å². The van der Waals surface area contributed by atoms with E-state index in [1.54, 1.807) is 17.6 Å². The van der Waals surface area contributed by atoms with Gasteiger partial charge < -0.3 is 20.3 Å². The molecule has 9 heteroatoms. The van der Waals surface area contributed by atoms with Crippen molar-refractivity contribution in [1.82, 2.24) is 15.3 Å². The molecule has 0 aliphatic carbocycles. The van der Waals surface area contributed by atoms with Crippen LogP contribution < -0.4 is 15.5 Å². The lowest BCUT2D eigenvalue weighted by atomic mass is 9.89. The van der Waals surface area contributed by atoms with Gasteiger partial charge in [-0.25, -0.2) is 4.98 Å². The Morgan fingerprint density at radius 2 is 2.04 bits per heavy atom. The van der Waals surface area contributed by atoms with Crippen LogP contribution in [0.3, 0.4) is 0 Å². The van der Waals surface area contributed by atoms with Gasteiger partial charge in [-0.15, -0.1) is 11.3 Å². The van der Waals surface area contributed by atoms with E-state index in [9.17, 15) is 9.59 Å². The molecule has 4 rings (SSSR count). The molecule has 0 aromatic carbocycles. The van der Waals surface area contributed by atoms with E-state index in [-0.39, 0.29) is 17.6 Å². The van der Waals surface area contributed by atoms with Crippen LogP contribution in [0.15, 0.2) is 23.8 Å². The number of carbonyl (C=O) groups excluding carboxylic acids is 2. The molecule has 0 unspecified atom stereocenters. The van der Waals surface area contributed by atoms with Crippen molar-refractivity contribution in [3.8, 4) is 0 Å². The van der Waals surface area contributed by atoms with Gasteiger partial charge in [-0.2, -0.15) is 0 Å². The number of nitrogens with one attached hydrogen (secondary N) is 2. The number of ketones is 1. The minimum Gasteiger partial charge on any atom is -0.378 e. The fraction of sp³-hybridized carbons (Fsp3) is 0.474. The Morgan fingerprint density at radius 3 is 2.82 bits per heavy atom. The standard InChI is InChI=1S/C19H23N5O3S/c25-17(13-1-4-20-5-2-13)14-3-6-21-11-15(14)22-18(26)16-12-28-19(23-16)24-7-9-27-10-8-24/h3,6,11-13,20H,1-2,4-5,7-10H2,(H,22,26). The molecular weight excluding hydrogens is 378 g/mol. The van der Waals surface area contributed by atoms with Crippen molar-refractivity contribution in [2.24, 2.45) is 5.92 Å². The molecule has 2 fully saturated rings. The van der Waals surface area contributed by atoms with Gasteiger partial charge >= 0.3 is 0 Å². The maximum atomic E-state index is 12.9. The highest BCUT2D eigenvalue weighted by Gasteiger charge is 2.25. The van der Waals surface area contributed by atoms with Gasteiger partial charge in [-0.3, -0.25) is 14.6 Å². The second-order valence-corrected chi connectivity index (χ2v) is 7.72. The highest BCUT2D eigenvalue weighted by Crippen LogP contribution is 2.25. The minimum absolute atomic E-state index is 0.0218. The molecule has 0 bridgehead atoms. The van der Waals surface area contributed by atoms with E-state index in [1.807, 2.05) is 0 Å². The number of Topliss-reactive ketones (excluding diaryl/α,β-unsaturated/α-hetero) is 1. The minimum atomic E-state index is -0.330. The smallest absolute Gasteiger partial charge is 0.275 e. The lowest BCUT2D eigenvalue weighted by molar-refractivity contribution is 0.0896. The van der Waals surface area contributed by atoms with Crippen LogP contribution >= 0.6 is 11.3 Å². The average molecular weight is 401 g/mol. The maximum absolute atomic E-state index is 12.9. The molecule has 2 aliphatic heterocycles. The van der Waals surface area contributed by atoms with E-state index in [2.05, 4.69) is 25.5 Å². The van der Waals surface area contributed by atoms with Gasteiger partial charge in [0.2, 0.25) is 0 Å². The van der Waals surface area contributed by atoms with Gasteiger partial charge in [-0.05, 0) is 32.0 Å². The van der Waals surface area contributed by atoms with Gasteiger partial charge in [-0.1, -0.05) is 0 Å². The molecule has 0 radical (unpaired) electrons. The van der Waals surface area contributed by atoms with E-state index in [1.165, 1.54) is 17.5 Å². The summed E-state index contributed by atoms with van der Waals surface area (Å²) in [6.07, 6.45) is 4.73. The lowest BCUT2D eigenvalue weighted by Crippen LogP contribution is -2.36. The molecule has 148 valence electrons. The molecule has 2 saturated heterocycles. The van der Waals surface area contributed by atoms with Crippen LogP contribution in [0.5, 0.6) is 0 Å². The number of piperidine rings is 1. The first kappa shape index (κ1) is 19.0. The third-order valence-electron chi connectivity index (χ3n) is 5.05. The van der Waals surface area contributed by atoms with Crippen molar-refractivity contribution >= 4 is 33.8 Å². The molecule has 2 aromatic rings. The van der Waals surface area contributed by atoms with Crippen molar-refractivity contribution in [3.05, 3.63) is 35.1 Å². The van der Waals surface area contributed by atoms with Crippen LogP contribution in [-0.4, -0.2) is 61.1 Å². The molecule has 4 heterocycles. The van der Waals surface area contributed by atoms with Gasteiger partial charge in [0.05, 0.1) is 25.1 Å². The van der Waals surface area contributed by atoms with Crippen LogP contribution in [-0.2, 0) is 4.74 Å². The summed E-state index contributed by atoms with van der Waals surface area (Å²) < 4.78 is 5.35. The lowest BCUT2D eigenvalue weighted by Gasteiger charge is -2.25. The Kier molecular flexibility index (Phi) is 5.94.